The van der Waals surface area contributed by atoms with Gasteiger partial charge in [-0.25, -0.2) is 0 Å². The van der Waals surface area contributed by atoms with Gasteiger partial charge >= 0.3 is 0 Å². The Morgan fingerprint density at radius 3 is 2.68 bits per heavy atom. The predicted molar refractivity (Wildman–Crippen MR) is 128 cm³/mol. The number of rotatable bonds is 7. The highest BCUT2D eigenvalue weighted by Gasteiger charge is 2.23. The first-order chi connectivity index (χ1) is 13.1. The minimum Gasteiger partial charge on any atom is -0.369 e. The molecule has 2 N–H and O–H groups in total. The van der Waals surface area contributed by atoms with Crippen LogP contribution in [0.2, 0.25) is 0 Å². The van der Waals surface area contributed by atoms with Crippen LogP contribution in [0.25, 0.3) is 0 Å². The first-order valence-electron chi connectivity index (χ1n) is 9.99. The molecule has 1 aromatic carbocycles. The quantitative estimate of drug-likeness (QED) is 0.267. The molecule has 6 nitrogen and oxygen atoms in total. The Morgan fingerprint density at radius 1 is 1.21 bits per heavy atom. The smallest absolute Gasteiger partial charge is 0.191 e. The molecule has 1 aliphatic heterocycles. The van der Waals surface area contributed by atoms with Crippen molar-refractivity contribution in [1.82, 2.24) is 20.4 Å². The van der Waals surface area contributed by atoms with Crippen molar-refractivity contribution in [2.45, 2.75) is 46.2 Å². The fourth-order valence-corrected chi connectivity index (χ4v) is 3.39. The van der Waals surface area contributed by atoms with E-state index in [-0.39, 0.29) is 24.0 Å². The van der Waals surface area contributed by atoms with E-state index in [0.717, 1.165) is 51.5 Å². The highest BCUT2D eigenvalue weighted by Crippen LogP contribution is 2.20. The molecular weight excluding hydrogens is 463 g/mol. The fourth-order valence-electron chi connectivity index (χ4n) is 3.39. The number of halogens is 1. The lowest BCUT2D eigenvalue weighted by molar-refractivity contribution is 0.581. The number of hydrogen-bond donors (Lipinski definition) is 2. The summed E-state index contributed by atoms with van der Waals surface area (Å²) in [6.07, 6.45) is 6.09. The predicted octanol–water partition coefficient (Wildman–Crippen LogP) is 3.34. The summed E-state index contributed by atoms with van der Waals surface area (Å²) in [6, 6.07) is 9.23. The van der Waals surface area contributed by atoms with Crippen molar-refractivity contribution in [3.05, 3.63) is 47.8 Å². The summed E-state index contributed by atoms with van der Waals surface area (Å²) in [7, 11) is 0. The van der Waals surface area contributed by atoms with Gasteiger partial charge in [-0.1, -0.05) is 17.7 Å². The Hall–Kier alpha value is -1.77. The number of aryl methyl sites for hydroxylation is 3. The SMILES string of the molecule is CCNC(=NCCCn1cc(C)cn1)NC1CCN(c2ccc(C)cc2)C1.I. The molecule has 0 radical (unpaired) electrons. The Balaban J connectivity index is 0.00000280. The minimum atomic E-state index is 0. The van der Waals surface area contributed by atoms with Gasteiger partial charge < -0.3 is 15.5 Å². The van der Waals surface area contributed by atoms with E-state index in [1.54, 1.807) is 0 Å². The lowest BCUT2D eigenvalue weighted by atomic mass is 10.2. The monoisotopic (exact) mass is 496 g/mol. The van der Waals surface area contributed by atoms with Gasteiger partial charge in [0.15, 0.2) is 5.96 Å². The number of hydrogen-bond acceptors (Lipinski definition) is 3. The number of aliphatic imine (C=N–C) groups is 1. The van der Waals surface area contributed by atoms with E-state index in [0.29, 0.717) is 6.04 Å². The number of aromatic nitrogens is 2. The van der Waals surface area contributed by atoms with Gasteiger partial charge in [-0.2, -0.15) is 5.10 Å². The fraction of sp³-hybridized carbons (Fsp3) is 0.524. The molecule has 3 rings (SSSR count). The van der Waals surface area contributed by atoms with Gasteiger partial charge in [0.2, 0.25) is 0 Å². The zero-order chi connectivity index (χ0) is 19.1. The second-order valence-electron chi connectivity index (χ2n) is 7.31. The zero-order valence-corrected chi connectivity index (χ0v) is 19.5. The summed E-state index contributed by atoms with van der Waals surface area (Å²) < 4.78 is 1.99. The second kappa shape index (κ2) is 11.3. The van der Waals surface area contributed by atoms with Crippen LogP contribution in [0.4, 0.5) is 5.69 Å². The van der Waals surface area contributed by atoms with Crippen molar-refractivity contribution < 1.29 is 0 Å². The molecule has 1 unspecified atom stereocenters. The zero-order valence-electron chi connectivity index (χ0n) is 17.2. The van der Waals surface area contributed by atoms with E-state index < -0.39 is 0 Å². The Labute approximate surface area is 185 Å². The van der Waals surface area contributed by atoms with Crippen molar-refractivity contribution >= 4 is 35.6 Å². The van der Waals surface area contributed by atoms with Gasteiger partial charge in [-0.3, -0.25) is 9.67 Å². The van der Waals surface area contributed by atoms with E-state index in [2.05, 4.69) is 71.9 Å². The van der Waals surface area contributed by atoms with Gasteiger partial charge in [0.25, 0.3) is 0 Å². The average Bonchev–Trinajstić information content (AvgIpc) is 3.28. The highest BCUT2D eigenvalue weighted by molar-refractivity contribution is 14.0. The van der Waals surface area contributed by atoms with Crippen LogP contribution in [-0.2, 0) is 6.54 Å². The molecule has 154 valence electrons. The topological polar surface area (TPSA) is 57.5 Å². The van der Waals surface area contributed by atoms with Crippen molar-refractivity contribution in [1.29, 1.82) is 0 Å². The minimum absolute atomic E-state index is 0. The molecule has 7 heteroatoms. The molecule has 1 fully saturated rings. The maximum absolute atomic E-state index is 4.74. The van der Waals surface area contributed by atoms with Gasteiger partial charge in [-0.15, -0.1) is 24.0 Å². The molecule has 28 heavy (non-hydrogen) atoms. The summed E-state index contributed by atoms with van der Waals surface area (Å²) in [4.78, 5) is 7.19. The van der Waals surface area contributed by atoms with Crippen LogP contribution in [-0.4, -0.2) is 48.0 Å². The molecule has 0 saturated carbocycles. The standard InChI is InChI=1S/C21H32N6.HI/c1-4-22-21(23-11-5-12-27-15-18(3)14-24-27)25-19-10-13-26(16-19)20-8-6-17(2)7-9-20;/h6-9,14-15,19H,4-5,10-13,16H2,1-3H3,(H2,22,23,25);1H. The Kier molecular flexibility index (Phi) is 9.08. The third-order valence-electron chi connectivity index (χ3n) is 4.85. The van der Waals surface area contributed by atoms with Gasteiger partial charge in [0.05, 0.1) is 6.20 Å². The Bertz CT molecular complexity index is 740. The van der Waals surface area contributed by atoms with Crippen LogP contribution in [0.1, 0.15) is 30.9 Å². The van der Waals surface area contributed by atoms with Crippen LogP contribution >= 0.6 is 24.0 Å². The number of benzene rings is 1. The van der Waals surface area contributed by atoms with Crippen LogP contribution in [0, 0.1) is 13.8 Å². The largest absolute Gasteiger partial charge is 0.369 e. The van der Waals surface area contributed by atoms with Crippen molar-refractivity contribution in [3.8, 4) is 0 Å². The molecule has 0 aliphatic carbocycles. The lowest BCUT2D eigenvalue weighted by Crippen LogP contribution is -2.44. The average molecular weight is 496 g/mol. The van der Waals surface area contributed by atoms with Crippen LogP contribution in [0.15, 0.2) is 41.7 Å². The third kappa shape index (κ3) is 6.68. The van der Waals surface area contributed by atoms with Crippen molar-refractivity contribution in [2.75, 3.05) is 31.1 Å². The summed E-state index contributed by atoms with van der Waals surface area (Å²) >= 11 is 0. The van der Waals surface area contributed by atoms with E-state index in [1.807, 2.05) is 10.9 Å². The first kappa shape index (κ1) is 22.5. The molecule has 2 heterocycles. The summed E-state index contributed by atoms with van der Waals surface area (Å²) in [5, 5.41) is 11.3. The third-order valence-corrected chi connectivity index (χ3v) is 4.85. The lowest BCUT2D eigenvalue weighted by Gasteiger charge is -2.20. The molecular formula is C21H33IN6. The van der Waals surface area contributed by atoms with Crippen molar-refractivity contribution in [3.63, 3.8) is 0 Å². The van der Waals surface area contributed by atoms with Gasteiger partial charge in [0.1, 0.15) is 0 Å². The molecule has 1 saturated heterocycles. The molecule has 1 aromatic heterocycles. The van der Waals surface area contributed by atoms with E-state index in [1.165, 1.54) is 16.8 Å². The molecule has 0 spiro atoms. The number of anilines is 1. The van der Waals surface area contributed by atoms with E-state index >= 15 is 0 Å². The van der Waals surface area contributed by atoms with E-state index in [4.69, 9.17) is 4.99 Å². The number of guanidine groups is 1. The first-order valence-corrected chi connectivity index (χ1v) is 9.99. The molecule has 2 aromatic rings. The van der Waals surface area contributed by atoms with Crippen molar-refractivity contribution in [2.24, 2.45) is 4.99 Å². The molecule has 0 bridgehead atoms. The van der Waals surface area contributed by atoms with Gasteiger partial charge in [-0.05, 0) is 51.3 Å². The summed E-state index contributed by atoms with van der Waals surface area (Å²) in [6.45, 7) is 11.0. The second-order valence-corrected chi connectivity index (χ2v) is 7.31. The molecule has 1 atom stereocenters. The summed E-state index contributed by atoms with van der Waals surface area (Å²) in [5.41, 5.74) is 3.81. The van der Waals surface area contributed by atoms with Crippen LogP contribution in [0.5, 0.6) is 0 Å². The van der Waals surface area contributed by atoms with Crippen LogP contribution < -0.4 is 15.5 Å². The normalized spacial score (nSPS) is 16.8. The molecule has 1 aliphatic rings. The summed E-state index contributed by atoms with van der Waals surface area (Å²) in [5.74, 6) is 0.921. The molecule has 0 amide bonds. The number of nitrogens with zero attached hydrogens (tertiary/aromatic N) is 4. The maximum atomic E-state index is 4.74. The number of nitrogens with one attached hydrogen (secondary N) is 2. The van der Waals surface area contributed by atoms with Crippen LogP contribution in [0.3, 0.4) is 0 Å². The highest BCUT2D eigenvalue weighted by atomic mass is 127. The Morgan fingerprint density at radius 2 is 2.00 bits per heavy atom. The van der Waals surface area contributed by atoms with Gasteiger partial charge in [0, 0.05) is 50.6 Å². The van der Waals surface area contributed by atoms with E-state index in [9.17, 15) is 0 Å². The maximum Gasteiger partial charge on any atom is 0.191 e.